The second-order valence-corrected chi connectivity index (χ2v) is 8.98. The number of hydrogen-bond donors (Lipinski definition) is 1. The lowest BCUT2D eigenvalue weighted by molar-refractivity contribution is -0.675. The van der Waals surface area contributed by atoms with Crippen molar-refractivity contribution in [2.75, 3.05) is 13.7 Å². The molecule has 2 aliphatic carbocycles. The summed E-state index contributed by atoms with van der Waals surface area (Å²) >= 11 is 0. The number of nitrogens with two attached hydrogens (primary N) is 1. The van der Waals surface area contributed by atoms with Crippen LogP contribution in [0.15, 0.2) is 36.4 Å². The van der Waals surface area contributed by atoms with E-state index < -0.39 is 0 Å². The van der Waals surface area contributed by atoms with E-state index in [1.54, 1.807) is 7.11 Å². The van der Waals surface area contributed by atoms with Crippen molar-refractivity contribution in [2.45, 2.75) is 51.7 Å². The molecular formula is C23H32NO3+. The first-order valence-electron chi connectivity index (χ1n) is 10.3. The zero-order valence-electron chi connectivity index (χ0n) is 16.6. The first-order chi connectivity index (χ1) is 13.0. The van der Waals surface area contributed by atoms with Crippen LogP contribution in [-0.2, 0) is 16.1 Å². The van der Waals surface area contributed by atoms with Crippen LogP contribution in [0.4, 0.5) is 0 Å². The fourth-order valence-corrected chi connectivity index (χ4v) is 5.72. The molecular weight excluding hydrogens is 338 g/mol. The van der Waals surface area contributed by atoms with Gasteiger partial charge in [-0.25, -0.2) is 0 Å². The number of benzene rings is 1. The van der Waals surface area contributed by atoms with Crippen LogP contribution in [0.1, 0.15) is 44.6 Å². The van der Waals surface area contributed by atoms with Crippen LogP contribution < -0.4 is 10.1 Å². The lowest BCUT2D eigenvalue weighted by Crippen LogP contribution is -2.84. The smallest absolute Gasteiger partial charge is 0.315 e. The van der Waals surface area contributed by atoms with Gasteiger partial charge in [0.05, 0.1) is 13.7 Å². The van der Waals surface area contributed by atoms with Crippen molar-refractivity contribution in [3.05, 3.63) is 42.0 Å². The molecule has 0 aromatic heterocycles. The van der Waals surface area contributed by atoms with E-state index in [0.717, 1.165) is 38.1 Å². The Hall–Kier alpha value is -1.81. The average molecular weight is 371 g/mol. The third-order valence-electron chi connectivity index (χ3n) is 7.28. The summed E-state index contributed by atoms with van der Waals surface area (Å²) in [6.07, 6.45) is 5.83. The Balaban J connectivity index is 1.38. The van der Waals surface area contributed by atoms with Gasteiger partial charge in [-0.2, -0.15) is 0 Å². The number of allylic oxidation sites excluding steroid dienone is 1. The Morgan fingerprint density at radius 1 is 1.33 bits per heavy atom. The molecule has 27 heavy (non-hydrogen) atoms. The maximum absolute atomic E-state index is 12.6. The van der Waals surface area contributed by atoms with Gasteiger partial charge in [0.1, 0.15) is 24.3 Å². The monoisotopic (exact) mass is 370 g/mol. The molecule has 0 bridgehead atoms. The van der Waals surface area contributed by atoms with Crippen LogP contribution in [-0.4, -0.2) is 25.7 Å². The number of quaternary nitrogens is 1. The normalized spacial score (nSPS) is 35.3. The highest BCUT2D eigenvalue weighted by molar-refractivity contribution is 5.75. The second kappa shape index (κ2) is 7.31. The average Bonchev–Trinajstić information content (AvgIpc) is 2.95. The highest BCUT2D eigenvalue weighted by atomic mass is 16.6. The minimum atomic E-state index is 0.0174. The minimum Gasteiger partial charge on any atom is -0.497 e. The molecule has 0 spiro atoms. The number of esters is 1. The Morgan fingerprint density at radius 3 is 2.85 bits per heavy atom. The number of carbonyl (C=O) groups excluding carboxylic acids is 1. The highest BCUT2D eigenvalue weighted by Crippen LogP contribution is 2.56. The van der Waals surface area contributed by atoms with Crippen LogP contribution in [0.25, 0.3) is 0 Å². The summed E-state index contributed by atoms with van der Waals surface area (Å²) in [7, 11) is 1.68. The van der Waals surface area contributed by atoms with E-state index in [1.165, 1.54) is 24.0 Å². The van der Waals surface area contributed by atoms with Crippen molar-refractivity contribution in [3.63, 3.8) is 0 Å². The number of ether oxygens (including phenoxy) is 2. The van der Waals surface area contributed by atoms with E-state index in [0.29, 0.717) is 11.8 Å². The van der Waals surface area contributed by atoms with E-state index in [1.807, 2.05) is 12.1 Å². The van der Waals surface area contributed by atoms with Crippen molar-refractivity contribution >= 4 is 5.97 Å². The zero-order chi connectivity index (χ0) is 19.0. The summed E-state index contributed by atoms with van der Waals surface area (Å²) in [5, 5.41) is 2.25. The predicted molar refractivity (Wildman–Crippen MR) is 104 cm³/mol. The first kappa shape index (κ1) is 18.5. The molecule has 3 aliphatic rings. The number of rotatable bonds is 5. The largest absolute Gasteiger partial charge is 0.497 e. The van der Waals surface area contributed by atoms with E-state index in [-0.39, 0.29) is 23.4 Å². The lowest BCUT2D eigenvalue weighted by Gasteiger charge is -2.49. The Kier molecular flexibility index (Phi) is 5.02. The van der Waals surface area contributed by atoms with Crippen LogP contribution in [0.3, 0.4) is 0 Å². The minimum absolute atomic E-state index is 0.0174. The molecule has 0 amide bonds. The Labute approximate surface area is 162 Å². The molecule has 0 unspecified atom stereocenters. The first-order valence-corrected chi connectivity index (χ1v) is 10.3. The summed E-state index contributed by atoms with van der Waals surface area (Å²) in [6.45, 7) is 8.44. The van der Waals surface area contributed by atoms with Gasteiger partial charge < -0.3 is 14.8 Å². The molecule has 1 aromatic rings. The van der Waals surface area contributed by atoms with Gasteiger partial charge in [0, 0.05) is 11.5 Å². The van der Waals surface area contributed by atoms with Crippen LogP contribution in [0.2, 0.25) is 0 Å². The summed E-state index contributed by atoms with van der Waals surface area (Å²) < 4.78 is 11.1. The topological polar surface area (TPSA) is 52.1 Å². The Bertz CT molecular complexity index is 713. The lowest BCUT2D eigenvalue weighted by atomic mass is 9.55. The van der Waals surface area contributed by atoms with Crippen molar-refractivity contribution in [1.82, 2.24) is 0 Å². The quantitative estimate of drug-likeness (QED) is 0.640. The van der Waals surface area contributed by atoms with Gasteiger partial charge >= 0.3 is 5.97 Å². The summed E-state index contributed by atoms with van der Waals surface area (Å²) in [5.74, 6) is 1.83. The molecule has 146 valence electrons. The van der Waals surface area contributed by atoms with Gasteiger partial charge in [-0.05, 0) is 67.7 Å². The van der Waals surface area contributed by atoms with Crippen LogP contribution in [0, 0.1) is 23.2 Å². The fraction of sp³-hybridized carbons (Fsp3) is 0.609. The van der Waals surface area contributed by atoms with Gasteiger partial charge in [-0.3, -0.25) is 4.79 Å². The van der Waals surface area contributed by atoms with E-state index in [9.17, 15) is 4.79 Å². The third kappa shape index (κ3) is 3.52. The fourth-order valence-electron chi connectivity index (χ4n) is 5.72. The highest BCUT2D eigenvalue weighted by Gasteiger charge is 2.55. The molecule has 4 heteroatoms. The van der Waals surface area contributed by atoms with Gasteiger partial charge in [0.2, 0.25) is 0 Å². The number of hydrogen-bond acceptors (Lipinski definition) is 3. The Morgan fingerprint density at radius 2 is 2.11 bits per heavy atom. The SMILES string of the molecule is C=C1CCC[C@@]2(C)C[C@H]3OC(=O)[C@@H](C[NH2+]Cc4ccc(OC)cc4)[C@@H]3C[C@H]12. The van der Waals surface area contributed by atoms with Gasteiger partial charge in [-0.1, -0.05) is 19.1 Å². The molecule has 5 atom stereocenters. The van der Waals surface area contributed by atoms with E-state index in [2.05, 4.69) is 31.0 Å². The number of methoxy groups -OCH3 is 1. The molecule has 1 aromatic carbocycles. The number of fused-ring (bicyclic) bond motifs is 2. The molecule has 1 heterocycles. The van der Waals surface area contributed by atoms with Crippen molar-refractivity contribution in [2.24, 2.45) is 23.2 Å². The van der Waals surface area contributed by atoms with Crippen molar-refractivity contribution in [1.29, 1.82) is 0 Å². The third-order valence-corrected chi connectivity index (χ3v) is 7.28. The van der Waals surface area contributed by atoms with Crippen LogP contribution >= 0.6 is 0 Å². The standard InChI is InChI=1S/C23H31NO3/c1-15-5-4-10-23(2)12-21-18(11-20(15)23)19(22(25)27-21)14-24-13-16-6-8-17(26-3)9-7-16/h6-9,18-21,24H,1,4-5,10-14H2,2-3H3/p+1/t18-,19-,20+,21+,23-/m0/s1. The van der Waals surface area contributed by atoms with E-state index in [4.69, 9.17) is 9.47 Å². The predicted octanol–water partition coefficient (Wildman–Crippen LogP) is 3.07. The molecule has 1 aliphatic heterocycles. The molecule has 4 nitrogen and oxygen atoms in total. The van der Waals surface area contributed by atoms with Crippen molar-refractivity contribution < 1.29 is 19.6 Å². The summed E-state index contributed by atoms with van der Waals surface area (Å²) in [4.78, 5) is 12.6. The molecule has 4 rings (SSSR count). The maximum atomic E-state index is 12.6. The molecule has 2 N–H and O–H groups in total. The van der Waals surface area contributed by atoms with Gasteiger partial charge in [0.15, 0.2) is 0 Å². The van der Waals surface area contributed by atoms with Gasteiger partial charge in [0.25, 0.3) is 0 Å². The number of carbonyl (C=O) groups is 1. The van der Waals surface area contributed by atoms with Gasteiger partial charge in [-0.15, -0.1) is 0 Å². The molecule has 3 fully saturated rings. The van der Waals surface area contributed by atoms with Crippen LogP contribution in [0.5, 0.6) is 5.75 Å². The maximum Gasteiger partial charge on any atom is 0.315 e. The van der Waals surface area contributed by atoms with E-state index >= 15 is 0 Å². The molecule has 0 radical (unpaired) electrons. The summed E-state index contributed by atoms with van der Waals surface area (Å²) in [5.41, 5.74) is 2.93. The summed E-state index contributed by atoms with van der Waals surface area (Å²) in [6, 6.07) is 8.14. The molecule has 1 saturated heterocycles. The zero-order valence-corrected chi connectivity index (χ0v) is 16.6. The van der Waals surface area contributed by atoms with Crippen molar-refractivity contribution in [3.8, 4) is 5.75 Å². The second-order valence-electron chi connectivity index (χ2n) is 8.98. The molecule has 2 saturated carbocycles.